The zero-order valence-corrected chi connectivity index (χ0v) is 17.7. The van der Waals surface area contributed by atoms with Crippen LogP contribution >= 0.6 is 0 Å². The fourth-order valence-corrected chi connectivity index (χ4v) is 7.16. The maximum Gasteiger partial charge on any atom is 0.410 e. The Morgan fingerprint density at radius 3 is 2.25 bits per heavy atom. The minimum absolute atomic E-state index is 0.0613. The number of rotatable bonds is 3. The van der Waals surface area contributed by atoms with E-state index in [2.05, 4.69) is 15.7 Å². The molecule has 5 aliphatic rings. The molecule has 7 rings (SSSR count). The van der Waals surface area contributed by atoms with Gasteiger partial charge in [0.2, 0.25) is 0 Å². The first-order valence-corrected chi connectivity index (χ1v) is 11.6. The molecule has 0 saturated heterocycles. The molecule has 2 unspecified atom stereocenters. The van der Waals surface area contributed by atoms with E-state index in [1.165, 1.54) is 25.3 Å². The number of hydrogen-bond acceptors (Lipinski definition) is 3. The highest BCUT2D eigenvalue weighted by atomic mass is 19.4. The smallest absolute Gasteiger partial charge is 0.363 e. The van der Waals surface area contributed by atoms with Gasteiger partial charge in [0.15, 0.2) is 11.7 Å². The molecule has 32 heavy (non-hydrogen) atoms. The number of benzene rings is 1. The van der Waals surface area contributed by atoms with Crippen LogP contribution in [0.2, 0.25) is 0 Å². The van der Waals surface area contributed by atoms with Crippen LogP contribution in [0.3, 0.4) is 0 Å². The van der Waals surface area contributed by atoms with Crippen LogP contribution in [-0.2, 0) is 0 Å². The molecular formula is C24H27F3N4O. The number of amides is 1. The van der Waals surface area contributed by atoms with Gasteiger partial charge in [-0.15, -0.1) is 0 Å². The molecule has 2 aromatic rings. The monoisotopic (exact) mass is 444 g/mol. The van der Waals surface area contributed by atoms with Crippen molar-refractivity contribution in [1.29, 1.82) is 0 Å². The molecule has 1 amide bonds. The second-order valence-corrected chi connectivity index (χ2v) is 10.4. The summed E-state index contributed by atoms with van der Waals surface area (Å²) in [5.41, 5.74) is 0.638. The Morgan fingerprint density at radius 2 is 1.66 bits per heavy atom. The van der Waals surface area contributed by atoms with E-state index in [1.807, 2.05) is 30.3 Å². The minimum Gasteiger partial charge on any atom is -0.363 e. The van der Waals surface area contributed by atoms with E-state index < -0.39 is 18.3 Å². The molecule has 2 atom stereocenters. The highest BCUT2D eigenvalue weighted by Crippen LogP contribution is 2.55. The van der Waals surface area contributed by atoms with Crippen molar-refractivity contribution < 1.29 is 18.0 Å². The van der Waals surface area contributed by atoms with Crippen LogP contribution in [0.25, 0.3) is 0 Å². The van der Waals surface area contributed by atoms with Crippen LogP contribution in [0.5, 0.6) is 0 Å². The molecule has 2 heterocycles. The van der Waals surface area contributed by atoms with E-state index in [4.69, 9.17) is 0 Å². The van der Waals surface area contributed by atoms with Gasteiger partial charge in [-0.1, -0.05) is 30.3 Å². The number of anilines is 1. The number of hydrogen-bond donors (Lipinski definition) is 2. The molecule has 2 N–H and O–H groups in total. The molecule has 4 aliphatic carbocycles. The number of carbonyl (C=O) groups is 1. The Kier molecular flexibility index (Phi) is 4.40. The third-order valence-corrected chi connectivity index (χ3v) is 8.04. The fraction of sp³-hybridized carbons (Fsp3) is 0.583. The topological polar surface area (TPSA) is 59.0 Å². The molecule has 1 aliphatic heterocycles. The van der Waals surface area contributed by atoms with E-state index in [-0.39, 0.29) is 29.4 Å². The molecule has 5 nitrogen and oxygen atoms in total. The Bertz CT molecular complexity index is 996. The Balaban J connectivity index is 1.28. The normalized spacial score (nSPS) is 35.3. The molecule has 170 valence electrons. The van der Waals surface area contributed by atoms with E-state index >= 15 is 0 Å². The molecule has 1 aromatic heterocycles. The Morgan fingerprint density at radius 1 is 1.03 bits per heavy atom. The fourth-order valence-electron chi connectivity index (χ4n) is 7.16. The van der Waals surface area contributed by atoms with Crippen molar-refractivity contribution in [1.82, 2.24) is 15.1 Å². The summed E-state index contributed by atoms with van der Waals surface area (Å²) in [7, 11) is 0. The van der Waals surface area contributed by atoms with Gasteiger partial charge in [-0.3, -0.25) is 4.79 Å². The zero-order chi connectivity index (χ0) is 22.1. The second-order valence-electron chi connectivity index (χ2n) is 10.4. The lowest BCUT2D eigenvalue weighted by atomic mass is 9.53. The third-order valence-electron chi connectivity index (χ3n) is 8.04. The summed E-state index contributed by atoms with van der Waals surface area (Å²) in [4.78, 5) is 13.2. The van der Waals surface area contributed by atoms with E-state index in [0.717, 1.165) is 29.5 Å². The summed E-state index contributed by atoms with van der Waals surface area (Å²) in [6.45, 7) is 0. The summed E-state index contributed by atoms with van der Waals surface area (Å²) in [5, 5.41) is 10.5. The van der Waals surface area contributed by atoms with E-state index in [0.29, 0.717) is 17.8 Å². The number of fused-ring (bicyclic) bond motifs is 1. The molecule has 4 fully saturated rings. The standard InChI is InChI=1S/C24H27F3N4O/c25-24(26,27)20-9-18(17-4-2-1-3-5-17)28-21-10-19(30-31(20)21)22(32)29-23-11-14-6-15(12-23)8-16(7-14)13-23/h1-5,10,14-16,18,20,28H,6-9,11-13H2,(H,29,32). The number of aromatic nitrogens is 2. The van der Waals surface area contributed by atoms with Gasteiger partial charge in [0.05, 0.1) is 6.04 Å². The zero-order valence-electron chi connectivity index (χ0n) is 17.7. The average Bonchev–Trinajstić information content (AvgIpc) is 3.16. The van der Waals surface area contributed by atoms with E-state index in [9.17, 15) is 18.0 Å². The number of halogens is 3. The predicted molar refractivity (Wildman–Crippen MR) is 113 cm³/mol. The van der Waals surface area contributed by atoms with Gasteiger partial charge in [-0.25, -0.2) is 4.68 Å². The van der Waals surface area contributed by atoms with Gasteiger partial charge >= 0.3 is 6.18 Å². The maximum atomic E-state index is 13.9. The van der Waals surface area contributed by atoms with Crippen LogP contribution in [0.4, 0.5) is 19.0 Å². The minimum atomic E-state index is -4.45. The summed E-state index contributed by atoms with van der Waals surface area (Å²) >= 11 is 0. The first-order chi connectivity index (χ1) is 15.3. The lowest BCUT2D eigenvalue weighted by molar-refractivity contribution is -0.173. The van der Waals surface area contributed by atoms with Crippen LogP contribution in [0.1, 0.15) is 73.1 Å². The van der Waals surface area contributed by atoms with Crippen LogP contribution in [0, 0.1) is 17.8 Å². The summed E-state index contributed by atoms with van der Waals surface area (Å²) in [5.74, 6) is 1.88. The third kappa shape index (κ3) is 3.39. The van der Waals surface area contributed by atoms with Crippen molar-refractivity contribution in [2.45, 2.75) is 68.7 Å². The molecular weight excluding hydrogens is 417 g/mol. The Hall–Kier alpha value is -2.51. The number of nitrogens with one attached hydrogen (secondary N) is 2. The molecule has 0 radical (unpaired) electrons. The largest absolute Gasteiger partial charge is 0.410 e. The summed E-state index contributed by atoms with van der Waals surface area (Å²) in [6, 6.07) is 8.31. The van der Waals surface area contributed by atoms with Gasteiger partial charge < -0.3 is 10.6 Å². The average molecular weight is 445 g/mol. The van der Waals surface area contributed by atoms with Crippen molar-refractivity contribution in [2.75, 3.05) is 5.32 Å². The second kappa shape index (κ2) is 6.99. The summed E-state index contributed by atoms with van der Waals surface area (Å²) < 4.78 is 42.7. The predicted octanol–water partition coefficient (Wildman–Crippen LogP) is 5.24. The van der Waals surface area contributed by atoms with Gasteiger partial charge in [0, 0.05) is 18.0 Å². The molecule has 0 spiro atoms. The van der Waals surface area contributed by atoms with Gasteiger partial charge in [0.25, 0.3) is 5.91 Å². The van der Waals surface area contributed by atoms with Gasteiger partial charge in [-0.05, 0) is 61.8 Å². The van der Waals surface area contributed by atoms with Crippen LogP contribution in [-0.4, -0.2) is 27.4 Å². The highest BCUT2D eigenvalue weighted by Gasteiger charge is 2.52. The van der Waals surface area contributed by atoms with Gasteiger partial charge in [0.1, 0.15) is 5.82 Å². The molecule has 4 bridgehead atoms. The molecule has 8 heteroatoms. The number of carbonyl (C=O) groups excluding carboxylic acids is 1. The van der Waals surface area contributed by atoms with Crippen molar-refractivity contribution in [3.05, 3.63) is 47.7 Å². The first kappa shape index (κ1) is 20.1. The maximum absolute atomic E-state index is 13.9. The van der Waals surface area contributed by atoms with Crippen molar-refractivity contribution in [3.8, 4) is 0 Å². The SMILES string of the molecule is O=C(NC12CC3CC(CC(C3)C1)C2)c1cc2n(n1)C(C(F)(F)F)CC(c1ccccc1)N2. The van der Waals surface area contributed by atoms with E-state index in [1.54, 1.807) is 0 Å². The number of nitrogens with zero attached hydrogens (tertiary/aromatic N) is 2. The van der Waals surface area contributed by atoms with Crippen molar-refractivity contribution >= 4 is 11.7 Å². The molecule has 4 saturated carbocycles. The lowest BCUT2D eigenvalue weighted by Crippen LogP contribution is -2.59. The van der Waals surface area contributed by atoms with Gasteiger partial charge in [-0.2, -0.15) is 18.3 Å². The highest BCUT2D eigenvalue weighted by molar-refractivity contribution is 5.93. The number of alkyl halides is 3. The van der Waals surface area contributed by atoms with Crippen molar-refractivity contribution in [2.24, 2.45) is 17.8 Å². The quantitative estimate of drug-likeness (QED) is 0.681. The lowest BCUT2D eigenvalue weighted by Gasteiger charge is -2.56. The molecule has 1 aromatic carbocycles. The van der Waals surface area contributed by atoms with Crippen LogP contribution in [0.15, 0.2) is 36.4 Å². The van der Waals surface area contributed by atoms with Crippen molar-refractivity contribution in [3.63, 3.8) is 0 Å². The Labute approximate surface area is 184 Å². The van der Waals surface area contributed by atoms with Crippen LogP contribution < -0.4 is 10.6 Å². The summed E-state index contributed by atoms with van der Waals surface area (Å²) in [6.07, 6.45) is 2.10. The first-order valence-electron chi connectivity index (χ1n) is 11.6.